The van der Waals surface area contributed by atoms with Crippen LogP contribution in [0, 0.1) is 0 Å². The Bertz CT molecular complexity index is 2680. The van der Waals surface area contributed by atoms with Crippen LogP contribution in [-0.2, 0) is 4.79 Å². The fourth-order valence-corrected chi connectivity index (χ4v) is 8.49. The molecule has 9 rings (SSSR count). The summed E-state index contributed by atoms with van der Waals surface area (Å²) in [7, 11) is 0. The number of benzene rings is 6. The summed E-state index contributed by atoms with van der Waals surface area (Å²) in [5.41, 5.74) is 5.97. The topological polar surface area (TPSA) is 104 Å². The van der Waals surface area contributed by atoms with Crippen molar-refractivity contribution in [2.24, 2.45) is 4.90 Å². The Morgan fingerprint density at radius 1 is 0.603 bits per heavy atom. The van der Waals surface area contributed by atoms with Crippen molar-refractivity contribution in [3.63, 3.8) is 0 Å². The highest BCUT2D eigenvalue weighted by Gasteiger charge is 2.39. The van der Waals surface area contributed by atoms with E-state index in [9.17, 15) is 9.90 Å². The normalized spacial score (nSPS) is 15.1. The summed E-state index contributed by atoms with van der Waals surface area (Å²) in [5, 5.41) is 28.2. The first-order chi connectivity index (χ1) is 28.5. The van der Waals surface area contributed by atoms with Crippen LogP contribution >= 0.6 is 0 Å². The van der Waals surface area contributed by atoms with Gasteiger partial charge in [0.25, 0.3) is 0 Å². The minimum Gasteiger partial charge on any atom is -0.506 e. The molecule has 3 aliphatic rings. The third-order valence-corrected chi connectivity index (χ3v) is 11.6. The molecule has 8 nitrogen and oxygen atoms in total. The quantitative estimate of drug-likeness (QED) is 0.0617. The SMILES string of the molecule is CCCCCCOc1ccc(B2N=c3/c(=C4/C(=O)C(c5ccc6cccc7c6c5NB(c5ccc(OCCCCCC)cc5)N7)=C4O)ccc4cccc(c34)N2)cc1. The van der Waals surface area contributed by atoms with Crippen molar-refractivity contribution in [2.45, 2.75) is 65.2 Å². The summed E-state index contributed by atoms with van der Waals surface area (Å²) in [5.74, 6) is 1.46. The van der Waals surface area contributed by atoms with Crippen LogP contribution in [0.2, 0.25) is 0 Å². The van der Waals surface area contributed by atoms with Crippen LogP contribution in [0.3, 0.4) is 0 Å². The molecule has 6 aromatic rings. The van der Waals surface area contributed by atoms with E-state index in [1.165, 1.54) is 38.5 Å². The second-order valence-electron chi connectivity index (χ2n) is 15.5. The fraction of sp³-hybridized carbons (Fsp3) is 0.250. The Morgan fingerprint density at radius 2 is 1.21 bits per heavy atom. The van der Waals surface area contributed by atoms with Crippen molar-refractivity contribution in [3.8, 4) is 11.5 Å². The van der Waals surface area contributed by atoms with Gasteiger partial charge in [0.2, 0.25) is 5.78 Å². The molecule has 0 fully saturated rings. The molecule has 4 N–H and O–H groups in total. The van der Waals surface area contributed by atoms with Crippen molar-refractivity contribution in [3.05, 3.63) is 131 Å². The van der Waals surface area contributed by atoms with Crippen LogP contribution in [-0.4, -0.2) is 38.1 Å². The van der Waals surface area contributed by atoms with Crippen LogP contribution < -0.4 is 46.7 Å². The maximum absolute atomic E-state index is 14.5. The molecule has 0 unspecified atom stereocenters. The number of hydrogen-bond donors (Lipinski definition) is 4. The smallest absolute Gasteiger partial charge is 0.427 e. The minimum atomic E-state index is -0.386. The van der Waals surface area contributed by atoms with E-state index in [0.717, 1.165) is 73.9 Å². The zero-order valence-corrected chi connectivity index (χ0v) is 33.2. The summed E-state index contributed by atoms with van der Waals surface area (Å²) in [6.07, 6.45) is 9.28. The number of carbonyl (C=O) groups excluding carboxylic acids is 1. The molecule has 0 saturated heterocycles. The molecule has 2 heterocycles. The molecule has 0 spiro atoms. The average Bonchev–Trinajstić information content (AvgIpc) is 3.26. The van der Waals surface area contributed by atoms with Gasteiger partial charge in [-0.2, -0.15) is 0 Å². The van der Waals surface area contributed by atoms with Gasteiger partial charge in [-0.3, -0.25) is 4.79 Å². The van der Waals surface area contributed by atoms with Gasteiger partial charge in [0.1, 0.15) is 17.3 Å². The van der Waals surface area contributed by atoms with Gasteiger partial charge in [0.05, 0.1) is 29.7 Å². The summed E-state index contributed by atoms with van der Waals surface area (Å²) in [6.45, 7) is 5.18. The lowest BCUT2D eigenvalue weighted by Gasteiger charge is -2.31. The van der Waals surface area contributed by atoms with E-state index in [-0.39, 0.29) is 31.1 Å². The van der Waals surface area contributed by atoms with Gasteiger partial charge < -0.3 is 35.2 Å². The predicted molar refractivity (Wildman–Crippen MR) is 240 cm³/mol. The summed E-state index contributed by atoms with van der Waals surface area (Å²) in [4.78, 5) is 19.7. The Kier molecular flexibility index (Phi) is 10.6. The van der Waals surface area contributed by atoms with Gasteiger partial charge in [-0.1, -0.05) is 125 Å². The first-order valence-electron chi connectivity index (χ1n) is 21.0. The maximum Gasteiger partial charge on any atom is 0.427 e. The predicted octanol–water partition coefficient (Wildman–Crippen LogP) is 8.29. The van der Waals surface area contributed by atoms with Crippen molar-refractivity contribution < 1.29 is 19.4 Å². The highest BCUT2D eigenvalue weighted by Crippen LogP contribution is 2.45. The van der Waals surface area contributed by atoms with Crippen LogP contribution in [0.15, 0.2) is 120 Å². The summed E-state index contributed by atoms with van der Waals surface area (Å²) < 4.78 is 12.0. The number of nitrogens with one attached hydrogen (secondary N) is 3. The number of aliphatic hydroxyl groups is 1. The second kappa shape index (κ2) is 16.4. The van der Waals surface area contributed by atoms with Crippen LogP contribution in [0.25, 0.3) is 32.7 Å². The lowest BCUT2D eigenvalue weighted by Crippen LogP contribution is -2.48. The van der Waals surface area contributed by atoms with Gasteiger partial charge in [0.15, 0.2) is 0 Å². The molecule has 2 aliphatic heterocycles. The van der Waals surface area contributed by atoms with Crippen LogP contribution in [0.4, 0.5) is 17.1 Å². The molecule has 0 bridgehead atoms. The van der Waals surface area contributed by atoms with E-state index in [1.807, 2.05) is 84.9 Å². The third kappa shape index (κ3) is 7.06. The molecule has 290 valence electrons. The van der Waals surface area contributed by atoms with Crippen molar-refractivity contribution in [2.75, 3.05) is 28.9 Å². The number of ketones is 1. The lowest BCUT2D eigenvalue weighted by molar-refractivity contribution is -0.109. The van der Waals surface area contributed by atoms with Gasteiger partial charge >= 0.3 is 14.0 Å². The number of rotatable bonds is 15. The monoisotopic (exact) mass is 766 g/mol. The standard InChI is InChI=1S/C48H48B2N4O4/c1-3-5-7-9-29-57-35-23-19-33(20-24-35)49-51-39-15-11-13-31-17-27-37(45(53-49)41(31)39)43-47(55)44(48(43)56)38-28-18-32-14-12-16-40-42(32)46(38)54-50(52-40)34-21-25-36(26-22-34)58-30-10-8-6-4-2/h11-28,51-53,55H,3-10,29-30H2,1-2H3/b44-38+. The molecule has 0 radical (unpaired) electrons. The minimum absolute atomic E-state index is 0.0193. The molecule has 0 atom stereocenters. The molecule has 1 aliphatic carbocycles. The van der Waals surface area contributed by atoms with Gasteiger partial charge in [-0.05, 0) is 70.9 Å². The Morgan fingerprint density at radius 3 is 1.84 bits per heavy atom. The number of hydrogen-bond acceptors (Lipinski definition) is 8. The number of aliphatic hydroxyl groups excluding tert-OH is 1. The molecular weight excluding hydrogens is 718 g/mol. The molecule has 6 aromatic carbocycles. The molecule has 58 heavy (non-hydrogen) atoms. The Hall–Kier alpha value is -6.15. The Balaban J connectivity index is 1.05. The zero-order valence-electron chi connectivity index (χ0n) is 33.2. The molecule has 0 aromatic heterocycles. The molecule has 10 heteroatoms. The fourth-order valence-electron chi connectivity index (χ4n) is 8.49. The number of unbranched alkanes of at least 4 members (excludes halogenated alkanes) is 6. The second-order valence-corrected chi connectivity index (χ2v) is 15.5. The average molecular weight is 767 g/mol. The zero-order chi connectivity index (χ0) is 39.6. The summed E-state index contributed by atoms with van der Waals surface area (Å²) >= 11 is 0. The first kappa shape index (κ1) is 37.4. The number of nitrogens with zero attached hydrogens (tertiary/aromatic N) is 1. The van der Waals surface area contributed by atoms with E-state index < -0.39 is 0 Å². The number of Topliss-reactive ketones (excluding diaryl/α,β-unsaturated/α-hetero) is 1. The van der Waals surface area contributed by atoms with E-state index in [2.05, 4.69) is 53.8 Å². The number of ether oxygens (including phenoxy) is 2. The van der Waals surface area contributed by atoms with E-state index >= 15 is 0 Å². The third-order valence-electron chi connectivity index (χ3n) is 11.6. The van der Waals surface area contributed by atoms with E-state index in [0.29, 0.717) is 34.9 Å². The van der Waals surface area contributed by atoms with Gasteiger partial charge in [-0.15, -0.1) is 0 Å². The highest BCUT2D eigenvalue weighted by atomic mass is 16.5. The Labute approximate surface area is 340 Å². The van der Waals surface area contributed by atoms with E-state index in [1.54, 1.807) is 0 Å². The maximum atomic E-state index is 14.5. The number of anilines is 3. The number of carbonyl (C=O) groups is 1. The van der Waals surface area contributed by atoms with Crippen molar-refractivity contribution >= 4 is 80.4 Å². The molecule has 0 amide bonds. The van der Waals surface area contributed by atoms with Crippen LogP contribution in [0.1, 0.15) is 70.8 Å². The number of allylic oxidation sites excluding steroid dienone is 2. The van der Waals surface area contributed by atoms with Crippen molar-refractivity contribution in [1.29, 1.82) is 0 Å². The van der Waals surface area contributed by atoms with Crippen molar-refractivity contribution in [1.82, 2.24) is 0 Å². The molecule has 0 saturated carbocycles. The highest BCUT2D eigenvalue weighted by molar-refractivity contribution is 6.80. The molecular formula is C48H48B2N4O4. The lowest BCUT2D eigenvalue weighted by atomic mass is 9.65. The van der Waals surface area contributed by atoms with Gasteiger partial charge in [0, 0.05) is 38.6 Å². The van der Waals surface area contributed by atoms with Crippen LogP contribution in [0.5, 0.6) is 11.5 Å². The first-order valence-corrected chi connectivity index (χ1v) is 21.0. The summed E-state index contributed by atoms with van der Waals surface area (Å²) in [6, 6.07) is 36.4. The van der Waals surface area contributed by atoms with E-state index in [4.69, 9.17) is 14.4 Å². The van der Waals surface area contributed by atoms with Gasteiger partial charge in [-0.25, -0.2) is 0 Å². The largest absolute Gasteiger partial charge is 0.506 e.